The maximum absolute atomic E-state index is 12.3. The molecule has 0 saturated carbocycles. The molecular weight excluding hydrogens is 428 g/mol. The summed E-state index contributed by atoms with van der Waals surface area (Å²) >= 11 is 6.05. The highest BCUT2D eigenvalue weighted by atomic mass is 35.5. The number of nitrogens with one attached hydrogen (secondary N) is 3. The van der Waals surface area contributed by atoms with Gasteiger partial charge in [-0.25, -0.2) is 9.97 Å². The minimum absolute atomic E-state index is 0.233. The fourth-order valence-electron chi connectivity index (χ4n) is 2.79. The number of carbonyl (C=O) groups is 1. The Labute approximate surface area is 189 Å². The smallest absolute Gasteiger partial charge is 0.271 e. The number of carbonyl (C=O) groups excluding carboxylic acids is 1. The van der Waals surface area contributed by atoms with Gasteiger partial charge in [-0.2, -0.15) is 0 Å². The number of aromatic nitrogens is 2. The molecule has 0 fully saturated rings. The van der Waals surface area contributed by atoms with Gasteiger partial charge in [-0.15, -0.1) is 0 Å². The summed E-state index contributed by atoms with van der Waals surface area (Å²) in [5.74, 6) is 1.65. The first-order chi connectivity index (χ1) is 15.6. The zero-order valence-corrected chi connectivity index (χ0v) is 17.5. The number of nitrogen functional groups attached to an aromatic ring is 1. The van der Waals surface area contributed by atoms with Crippen LogP contribution in [0.1, 0.15) is 10.4 Å². The van der Waals surface area contributed by atoms with Crippen LogP contribution >= 0.6 is 11.6 Å². The monoisotopic (exact) mass is 446 g/mol. The number of hydrazine groups is 1. The van der Waals surface area contributed by atoms with Gasteiger partial charge in [0.25, 0.3) is 5.91 Å². The quantitative estimate of drug-likeness (QED) is 0.295. The lowest BCUT2D eigenvalue weighted by atomic mass is 10.2. The van der Waals surface area contributed by atoms with Gasteiger partial charge in [0.2, 0.25) is 0 Å². The van der Waals surface area contributed by atoms with E-state index in [4.69, 9.17) is 22.1 Å². The summed E-state index contributed by atoms with van der Waals surface area (Å²) in [6, 6.07) is 23.6. The molecule has 0 atom stereocenters. The van der Waals surface area contributed by atoms with E-state index in [0.717, 1.165) is 11.4 Å². The second kappa shape index (κ2) is 9.67. The van der Waals surface area contributed by atoms with E-state index in [1.165, 1.54) is 6.33 Å². The third-order valence-corrected chi connectivity index (χ3v) is 4.72. The molecule has 0 unspecified atom stereocenters. The number of anilines is 4. The third kappa shape index (κ3) is 5.05. The molecule has 1 heterocycles. The number of nitrogens with zero attached hydrogens (tertiary/aromatic N) is 2. The van der Waals surface area contributed by atoms with Crippen LogP contribution in [0.5, 0.6) is 11.5 Å². The van der Waals surface area contributed by atoms with E-state index in [1.807, 2.05) is 54.6 Å². The molecule has 5 N–H and O–H groups in total. The molecule has 4 rings (SSSR count). The maximum Gasteiger partial charge on any atom is 0.271 e. The topological polar surface area (TPSA) is 114 Å². The lowest BCUT2D eigenvalue weighted by Gasteiger charge is -2.14. The molecule has 0 aliphatic carbocycles. The number of nitrogens with two attached hydrogens (primary N) is 1. The highest BCUT2D eigenvalue weighted by molar-refractivity contribution is 6.33. The highest BCUT2D eigenvalue weighted by Crippen LogP contribution is 2.28. The van der Waals surface area contributed by atoms with Gasteiger partial charge in [0.1, 0.15) is 23.5 Å². The van der Waals surface area contributed by atoms with E-state index in [0.29, 0.717) is 22.2 Å². The molecule has 0 saturated heterocycles. The van der Waals surface area contributed by atoms with Crippen molar-refractivity contribution in [2.75, 3.05) is 16.5 Å². The zero-order chi connectivity index (χ0) is 22.3. The number of amides is 1. The molecular formula is C23H19ClN6O2. The Morgan fingerprint density at radius 1 is 0.844 bits per heavy atom. The summed E-state index contributed by atoms with van der Waals surface area (Å²) in [4.78, 5) is 20.6. The van der Waals surface area contributed by atoms with Crippen molar-refractivity contribution in [2.24, 2.45) is 0 Å². The van der Waals surface area contributed by atoms with Crippen LogP contribution in [0.3, 0.4) is 0 Å². The zero-order valence-electron chi connectivity index (χ0n) is 16.7. The molecule has 4 aromatic rings. The van der Waals surface area contributed by atoms with Crippen molar-refractivity contribution in [3.63, 3.8) is 0 Å². The first-order valence-electron chi connectivity index (χ1n) is 9.61. The van der Waals surface area contributed by atoms with Crippen LogP contribution in [-0.4, -0.2) is 15.9 Å². The minimum Gasteiger partial charge on any atom is -0.457 e. The number of ether oxygens (including phenoxy) is 1. The molecule has 1 amide bonds. The van der Waals surface area contributed by atoms with Crippen LogP contribution in [0.15, 0.2) is 85.2 Å². The fourth-order valence-corrected chi connectivity index (χ4v) is 3.01. The second-order valence-electron chi connectivity index (χ2n) is 6.61. The van der Waals surface area contributed by atoms with Gasteiger partial charge in [0.05, 0.1) is 10.6 Å². The van der Waals surface area contributed by atoms with Crippen molar-refractivity contribution in [1.82, 2.24) is 15.4 Å². The van der Waals surface area contributed by atoms with Crippen LogP contribution in [0.25, 0.3) is 0 Å². The van der Waals surface area contributed by atoms with Gasteiger partial charge in [-0.05, 0) is 48.5 Å². The number of hydrogen-bond acceptors (Lipinski definition) is 7. The molecule has 0 aliphatic heterocycles. The number of para-hydroxylation sites is 1. The molecule has 3 aromatic carbocycles. The largest absolute Gasteiger partial charge is 0.457 e. The molecule has 8 nitrogen and oxygen atoms in total. The first-order valence-corrected chi connectivity index (χ1v) is 9.99. The predicted octanol–water partition coefficient (Wildman–Crippen LogP) is 5.01. The van der Waals surface area contributed by atoms with Crippen molar-refractivity contribution in [3.8, 4) is 11.5 Å². The van der Waals surface area contributed by atoms with Crippen molar-refractivity contribution >= 4 is 40.5 Å². The van der Waals surface area contributed by atoms with Crippen LogP contribution in [0.4, 0.5) is 23.0 Å². The van der Waals surface area contributed by atoms with Gasteiger partial charge < -0.3 is 15.8 Å². The Bertz CT molecular complexity index is 1220. The molecule has 0 radical (unpaired) electrons. The lowest BCUT2D eigenvalue weighted by Crippen LogP contribution is -2.30. The van der Waals surface area contributed by atoms with E-state index in [9.17, 15) is 4.79 Å². The summed E-state index contributed by atoms with van der Waals surface area (Å²) in [5.41, 5.74) is 12.7. The molecule has 0 spiro atoms. The molecule has 0 bridgehead atoms. The van der Waals surface area contributed by atoms with Crippen molar-refractivity contribution in [2.45, 2.75) is 0 Å². The van der Waals surface area contributed by atoms with E-state index >= 15 is 0 Å². The molecule has 1 aromatic heterocycles. The lowest BCUT2D eigenvalue weighted by molar-refractivity contribution is 0.0962. The van der Waals surface area contributed by atoms with Crippen LogP contribution in [-0.2, 0) is 0 Å². The van der Waals surface area contributed by atoms with Gasteiger partial charge in [-0.1, -0.05) is 41.9 Å². The normalized spacial score (nSPS) is 10.3. The van der Waals surface area contributed by atoms with Crippen molar-refractivity contribution in [1.29, 1.82) is 0 Å². The fraction of sp³-hybridized carbons (Fsp3) is 0. The SMILES string of the molecule is Nc1c(NNC(=O)c2ccccc2Cl)ncnc1Nc1ccc(Oc2ccccc2)cc1. The van der Waals surface area contributed by atoms with E-state index in [-0.39, 0.29) is 11.5 Å². The number of hydrogen-bond donors (Lipinski definition) is 4. The number of rotatable bonds is 7. The Kier molecular flexibility index (Phi) is 6.33. The predicted molar refractivity (Wildman–Crippen MR) is 125 cm³/mol. The summed E-state index contributed by atoms with van der Waals surface area (Å²) in [5, 5.41) is 3.46. The third-order valence-electron chi connectivity index (χ3n) is 4.39. The summed E-state index contributed by atoms with van der Waals surface area (Å²) in [6.45, 7) is 0. The van der Waals surface area contributed by atoms with E-state index in [1.54, 1.807) is 24.3 Å². The Balaban J connectivity index is 1.41. The Morgan fingerprint density at radius 2 is 1.50 bits per heavy atom. The summed E-state index contributed by atoms with van der Waals surface area (Å²) < 4.78 is 5.79. The average Bonchev–Trinajstić information content (AvgIpc) is 2.82. The maximum atomic E-state index is 12.3. The van der Waals surface area contributed by atoms with Crippen LogP contribution < -0.4 is 26.6 Å². The molecule has 32 heavy (non-hydrogen) atoms. The van der Waals surface area contributed by atoms with Crippen LogP contribution in [0, 0.1) is 0 Å². The summed E-state index contributed by atoms with van der Waals surface area (Å²) in [7, 11) is 0. The van der Waals surface area contributed by atoms with E-state index < -0.39 is 5.91 Å². The van der Waals surface area contributed by atoms with Crippen LogP contribution in [0.2, 0.25) is 5.02 Å². The average molecular weight is 447 g/mol. The minimum atomic E-state index is -0.419. The van der Waals surface area contributed by atoms with Gasteiger partial charge in [0.15, 0.2) is 11.6 Å². The highest BCUT2D eigenvalue weighted by Gasteiger charge is 2.12. The molecule has 160 valence electrons. The van der Waals surface area contributed by atoms with Gasteiger partial charge in [0, 0.05) is 5.69 Å². The van der Waals surface area contributed by atoms with Crippen molar-refractivity contribution < 1.29 is 9.53 Å². The van der Waals surface area contributed by atoms with Gasteiger partial charge >= 0.3 is 0 Å². The second-order valence-corrected chi connectivity index (χ2v) is 7.02. The Hall–Kier alpha value is -4.30. The first kappa shape index (κ1) is 21.0. The Morgan fingerprint density at radius 3 is 2.25 bits per heavy atom. The van der Waals surface area contributed by atoms with Gasteiger partial charge in [-0.3, -0.25) is 15.6 Å². The molecule has 0 aliphatic rings. The molecule has 9 heteroatoms. The number of benzene rings is 3. The standard InChI is InChI=1S/C23H19ClN6O2/c24-19-9-5-4-8-18(19)23(31)30-29-22-20(25)21(26-14-27-22)28-15-10-12-17(13-11-15)32-16-6-2-1-3-7-16/h1-14H,25H2,(H,30,31)(H2,26,27,28,29). The van der Waals surface area contributed by atoms with Crippen molar-refractivity contribution in [3.05, 3.63) is 95.8 Å². The van der Waals surface area contributed by atoms with E-state index in [2.05, 4.69) is 26.1 Å². The number of halogens is 1. The summed E-state index contributed by atoms with van der Waals surface area (Å²) in [6.07, 6.45) is 1.33.